The highest BCUT2D eigenvalue weighted by molar-refractivity contribution is 5.85. The van der Waals surface area contributed by atoms with Crippen LogP contribution in [-0.2, 0) is 9.59 Å². The Morgan fingerprint density at radius 2 is 2.19 bits per heavy atom. The third kappa shape index (κ3) is 5.32. The SMILES string of the molecule is CNC(=O)CCNC(=O)C1CCCNC1.Cl. The van der Waals surface area contributed by atoms with E-state index in [2.05, 4.69) is 16.0 Å². The molecule has 1 heterocycles. The van der Waals surface area contributed by atoms with Gasteiger partial charge in [-0.15, -0.1) is 12.4 Å². The molecule has 0 spiro atoms. The van der Waals surface area contributed by atoms with Gasteiger partial charge in [-0.1, -0.05) is 0 Å². The monoisotopic (exact) mass is 249 g/mol. The zero-order valence-electron chi connectivity index (χ0n) is 9.54. The van der Waals surface area contributed by atoms with E-state index in [1.165, 1.54) is 0 Å². The van der Waals surface area contributed by atoms with Crippen LogP contribution in [0.2, 0.25) is 0 Å². The standard InChI is InChI=1S/C10H19N3O2.ClH/c1-11-9(14)4-6-13-10(15)8-3-2-5-12-7-8;/h8,12H,2-7H2,1H3,(H,11,14)(H,13,15);1H. The van der Waals surface area contributed by atoms with Gasteiger partial charge < -0.3 is 16.0 Å². The topological polar surface area (TPSA) is 70.2 Å². The van der Waals surface area contributed by atoms with Crippen LogP contribution in [0, 0.1) is 5.92 Å². The summed E-state index contributed by atoms with van der Waals surface area (Å²) in [6.07, 6.45) is 2.34. The van der Waals surface area contributed by atoms with E-state index in [1.807, 2.05) is 0 Å². The number of hydrogen-bond acceptors (Lipinski definition) is 3. The van der Waals surface area contributed by atoms with Crippen molar-refractivity contribution in [3.8, 4) is 0 Å². The van der Waals surface area contributed by atoms with Gasteiger partial charge in [0, 0.05) is 26.6 Å². The van der Waals surface area contributed by atoms with E-state index in [0.717, 1.165) is 25.9 Å². The van der Waals surface area contributed by atoms with Crippen LogP contribution in [0.4, 0.5) is 0 Å². The number of carbonyl (C=O) groups excluding carboxylic acids is 2. The number of nitrogens with one attached hydrogen (secondary N) is 3. The van der Waals surface area contributed by atoms with Crippen molar-refractivity contribution in [2.45, 2.75) is 19.3 Å². The lowest BCUT2D eigenvalue weighted by Crippen LogP contribution is -2.41. The molecule has 0 aromatic carbocycles. The highest BCUT2D eigenvalue weighted by atomic mass is 35.5. The molecule has 1 fully saturated rings. The minimum absolute atomic E-state index is 0. The average Bonchev–Trinajstić information content (AvgIpc) is 2.29. The van der Waals surface area contributed by atoms with Gasteiger partial charge in [0.1, 0.15) is 0 Å². The van der Waals surface area contributed by atoms with Crippen LogP contribution in [0.25, 0.3) is 0 Å². The van der Waals surface area contributed by atoms with Gasteiger partial charge in [0.25, 0.3) is 0 Å². The maximum atomic E-state index is 11.6. The minimum Gasteiger partial charge on any atom is -0.359 e. The predicted molar refractivity (Wildman–Crippen MR) is 64.5 cm³/mol. The summed E-state index contributed by atoms with van der Waals surface area (Å²) in [7, 11) is 1.59. The van der Waals surface area contributed by atoms with Gasteiger partial charge in [-0.2, -0.15) is 0 Å². The Hall–Kier alpha value is -0.810. The van der Waals surface area contributed by atoms with Crippen LogP contribution >= 0.6 is 12.4 Å². The maximum absolute atomic E-state index is 11.6. The molecule has 0 saturated carbocycles. The van der Waals surface area contributed by atoms with Gasteiger partial charge in [0.05, 0.1) is 5.92 Å². The summed E-state index contributed by atoms with van der Waals surface area (Å²) in [5.74, 6) is 0.0895. The molecule has 0 aliphatic carbocycles. The van der Waals surface area contributed by atoms with Crippen molar-refractivity contribution in [1.29, 1.82) is 0 Å². The molecule has 6 heteroatoms. The molecule has 0 bridgehead atoms. The number of piperidine rings is 1. The molecule has 0 radical (unpaired) electrons. The first kappa shape index (κ1) is 15.2. The molecule has 5 nitrogen and oxygen atoms in total. The van der Waals surface area contributed by atoms with E-state index in [0.29, 0.717) is 13.0 Å². The van der Waals surface area contributed by atoms with E-state index in [4.69, 9.17) is 0 Å². The summed E-state index contributed by atoms with van der Waals surface area (Å²) >= 11 is 0. The number of rotatable bonds is 4. The van der Waals surface area contributed by atoms with Gasteiger partial charge in [-0.25, -0.2) is 0 Å². The van der Waals surface area contributed by atoms with Gasteiger partial charge in [-0.05, 0) is 19.4 Å². The Kier molecular flexibility index (Phi) is 7.93. The molecule has 1 aliphatic rings. The van der Waals surface area contributed by atoms with Crippen LogP contribution in [0.3, 0.4) is 0 Å². The molecule has 0 aromatic rings. The molecular formula is C10H20ClN3O2. The van der Waals surface area contributed by atoms with E-state index in [9.17, 15) is 9.59 Å². The first-order valence-electron chi connectivity index (χ1n) is 5.43. The van der Waals surface area contributed by atoms with Crippen molar-refractivity contribution in [1.82, 2.24) is 16.0 Å². The number of halogens is 1. The van der Waals surface area contributed by atoms with Gasteiger partial charge in [0.2, 0.25) is 11.8 Å². The fourth-order valence-corrected chi connectivity index (χ4v) is 1.64. The minimum atomic E-state index is -0.0444. The summed E-state index contributed by atoms with van der Waals surface area (Å²) in [6.45, 7) is 2.18. The largest absolute Gasteiger partial charge is 0.359 e. The lowest BCUT2D eigenvalue weighted by molar-refractivity contribution is -0.125. The Labute approximate surface area is 102 Å². The maximum Gasteiger partial charge on any atom is 0.224 e. The quantitative estimate of drug-likeness (QED) is 0.639. The van der Waals surface area contributed by atoms with E-state index >= 15 is 0 Å². The zero-order chi connectivity index (χ0) is 11.1. The Morgan fingerprint density at radius 1 is 1.44 bits per heavy atom. The van der Waals surface area contributed by atoms with Gasteiger partial charge >= 0.3 is 0 Å². The lowest BCUT2D eigenvalue weighted by atomic mass is 9.99. The fourth-order valence-electron chi connectivity index (χ4n) is 1.64. The lowest BCUT2D eigenvalue weighted by Gasteiger charge is -2.21. The van der Waals surface area contributed by atoms with E-state index in [1.54, 1.807) is 7.05 Å². The van der Waals surface area contributed by atoms with Crippen molar-refractivity contribution < 1.29 is 9.59 Å². The smallest absolute Gasteiger partial charge is 0.224 e. The van der Waals surface area contributed by atoms with Crippen molar-refractivity contribution in [2.24, 2.45) is 5.92 Å². The summed E-state index contributed by atoms with van der Waals surface area (Å²) in [5, 5.41) is 8.48. The summed E-state index contributed by atoms with van der Waals surface area (Å²) < 4.78 is 0. The zero-order valence-corrected chi connectivity index (χ0v) is 10.4. The Balaban J connectivity index is 0.00000225. The van der Waals surface area contributed by atoms with Gasteiger partial charge in [0.15, 0.2) is 0 Å². The average molecular weight is 250 g/mol. The third-order valence-corrected chi connectivity index (χ3v) is 2.60. The Morgan fingerprint density at radius 3 is 2.75 bits per heavy atom. The summed E-state index contributed by atoms with van der Waals surface area (Å²) in [6, 6.07) is 0. The molecule has 1 aliphatic heterocycles. The Bertz CT molecular complexity index is 230. The van der Waals surface area contributed by atoms with Gasteiger partial charge in [-0.3, -0.25) is 9.59 Å². The highest BCUT2D eigenvalue weighted by Crippen LogP contribution is 2.09. The first-order chi connectivity index (χ1) is 7.24. The summed E-state index contributed by atoms with van der Waals surface area (Å²) in [5.41, 5.74) is 0. The molecule has 94 valence electrons. The molecule has 3 N–H and O–H groups in total. The third-order valence-electron chi connectivity index (χ3n) is 2.60. The molecule has 1 atom stereocenters. The predicted octanol–water partition coefficient (Wildman–Crippen LogP) is -0.340. The normalized spacial score (nSPS) is 19.4. The van der Waals surface area contributed by atoms with Crippen LogP contribution in [0.1, 0.15) is 19.3 Å². The van der Waals surface area contributed by atoms with Crippen molar-refractivity contribution in [3.05, 3.63) is 0 Å². The number of amides is 2. The van der Waals surface area contributed by atoms with Crippen molar-refractivity contribution in [3.63, 3.8) is 0 Å². The second-order valence-corrected chi connectivity index (χ2v) is 3.76. The second-order valence-electron chi connectivity index (χ2n) is 3.76. The van der Waals surface area contributed by atoms with Crippen LogP contribution in [0.15, 0.2) is 0 Å². The molecule has 0 aromatic heterocycles. The second kappa shape index (κ2) is 8.35. The first-order valence-corrected chi connectivity index (χ1v) is 5.43. The van der Waals surface area contributed by atoms with E-state index in [-0.39, 0.29) is 30.1 Å². The molecule has 1 unspecified atom stereocenters. The number of hydrogen-bond donors (Lipinski definition) is 3. The van der Waals surface area contributed by atoms with Crippen molar-refractivity contribution in [2.75, 3.05) is 26.7 Å². The summed E-state index contributed by atoms with van der Waals surface area (Å²) in [4.78, 5) is 22.5. The van der Waals surface area contributed by atoms with Crippen LogP contribution in [0.5, 0.6) is 0 Å². The van der Waals surface area contributed by atoms with Crippen LogP contribution in [-0.4, -0.2) is 38.5 Å². The fraction of sp³-hybridized carbons (Fsp3) is 0.800. The molecule has 1 rings (SSSR count). The van der Waals surface area contributed by atoms with Crippen molar-refractivity contribution >= 4 is 24.2 Å². The highest BCUT2D eigenvalue weighted by Gasteiger charge is 2.20. The van der Waals surface area contributed by atoms with E-state index < -0.39 is 0 Å². The molecule has 16 heavy (non-hydrogen) atoms. The van der Waals surface area contributed by atoms with Crippen LogP contribution < -0.4 is 16.0 Å². The molecule has 1 saturated heterocycles. The molecule has 2 amide bonds. The molecular weight excluding hydrogens is 230 g/mol. The number of carbonyl (C=O) groups is 2.